The van der Waals surface area contributed by atoms with E-state index in [0.717, 1.165) is 12.8 Å². The zero-order valence-corrected chi connectivity index (χ0v) is 7.84. The molecule has 3 aromatic rings. The molecule has 0 saturated carbocycles. The molecule has 0 bridgehead atoms. The van der Waals surface area contributed by atoms with Gasteiger partial charge in [0.25, 0.3) is 0 Å². The highest BCUT2D eigenvalue weighted by Crippen LogP contribution is 2.13. The van der Waals surface area contributed by atoms with Gasteiger partial charge in [-0.2, -0.15) is 0 Å². The molecule has 0 atom stereocenters. The van der Waals surface area contributed by atoms with Crippen LogP contribution in [0.25, 0.3) is 21.8 Å². The molecule has 0 radical (unpaired) electrons. The molecule has 78 valence electrons. The normalized spacial score (nSPS) is 11.0. The van der Waals surface area contributed by atoms with Crippen molar-refractivity contribution in [1.82, 2.24) is 9.97 Å². The van der Waals surface area contributed by atoms with Crippen molar-refractivity contribution in [2.45, 2.75) is 0 Å². The maximum atomic E-state index is 11.4. The molecule has 0 aliphatic carbocycles. The molecule has 0 N–H and O–H groups in total. The van der Waals surface area contributed by atoms with Crippen LogP contribution in [0.5, 0.6) is 0 Å². The first-order valence-corrected chi connectivity index (χ1v) is 4.41. The molecular weight excluding hydrogens is 212 g/mol. The van der Waals surface area contributed by atoms with E-state index in [0.29, 0.717) is 11.0 Å². The third kappa shape index (κ3) is 1.13. The zero-order chi connectivity index (χ0) is 11.1. The van der Waals surface area contributed by atoms with Crippen molar-refractivity contribution in [2.75, 3.05) is 0 Å². The van der Waals surface area contributed by atoms with Gasteiger partial charge in [0, 0.05) is 0 Å². The molecular formula is C10H4N2O4. The minimum atomic E-state index is -0.512. The molecule has 0 unspecified atom stereocenters. The number of rotatable bonds is 0. The van der Waals surface area contributed by atoms with Crippen LogP contribution >= 0.6 is 0 Å². The van der Waals surface area contributed by atoms with Crippen molar-refractivity contribution >= 4 is 21.8 Å². The lowest BCUT2D eigenvalue weighted by molar-refractivity contribution is 0.498. The van der Waals surface area contributed by atoms with Crippen molar-refractivity contribution in [2.24, 2.45) is 0 Å². The summed E-state index contributed by atoms with van der Waals surface area (Å²) in [5, 5.41) is 0.571. The maximum absolute atomic E-state index is 11.4. The second-order valence-corrected chi connectivity index (χ2v) is 3.17. The van der Waals surface area contributed by atoms with Crippen molar-refractivity contribution in [1.29, 1.82) is 0 Å². The van der Waals surface area contributed by atoms with Crippen molar-refractivity contribution in [3.8, 4) is 0 Å². The molecule has 6 heteroatoms. The first-order chi connectivity index (χ1) is 7.75. The Kier molecular flexibility index (Phi) is 1.64. The van der Waals surface area contributed by atoms with Gasteiger partial charge < -0.3 is 8.83 Å². The fourth-order valence-electron chi connectivity index (χ4n) is 1.51. The number of hydrogen-bond acceptors (Lipinski definition) is 6. The van der Waals surface area contributed by atoms with Gasteiger partial charge in [-0.15, -0.1) is 0 Å². The van der Waals surface area contributed by atoms with E-state index < -0.39 is 11.3 Å². The number of hydrogen-bond donors (Lipinski definition) is 0. The lowest BCUT2D eigenvalue weighted by Gasteiger charge is -1.96. The molecule has 3 rings (SSSR count). The molecule has 6 nitrogen and oxygen atoms in total. The van der Waals surface area contributed by atoms with E-state index in [-0.39, 0.29) is 10.8 Å². The van der Waals surface area contributed by atoms with Gasteiger partial charge in [-0.1, -0.05) is 0 Å². The second kappa shape index (κ2) is 2.99. The second-order valence-electron chi connectivity index (χ2n) is 3.17. The number of aromatic nitrogens is 2. The Morgan fingerprint density at radius 3 is 1.69 bits per heavy atom. The molecule has 0 aliphatic heterocycles. The van der Waals surface area contributed by atoms with Crippen LogP contribution in [0.1, 0.15) is 0 Å². The van der Waals surface area contributed by atoms with Crippen LogP contribution in [-0.4, -0.2) is 9.97 Å². The van der Waals surface area contributed by atoms with Gasteiger partial charge in [0.2, 0.25) is 0 Å². The SMILES string of the molecule is O=c1ocnc2cc3c(=O)ocnc3cc12. The van der Waals surface area contributed by atoms with E-state index in [1.807, 2.05) is 0 Å². The van der Waals surface area contributed by atoms with Gasteiger partial charge in [0.1, 0.15) is 0 Å². The summed E-state index contributed by atoms with van der Waals surface area (Å²) in [4.78, 5) is 30.5. The van der Waals surface area contributed by atoms with Crippen LogP contribution in [-0.2, 0) is 0 Å². The van der Waals surface area contributed by atoms with Gasteiger partial charge in [-0.05, 0) is 12.1 Å². The summed E-state index contributed by atoms with van der Waals surface area (Å²) in [5.74, 6) is 0. The third-order valence-electron chi connectivity index (χ3n) is 2.26. The van der Waals surface area contributed by atoms with Gasteiger partial charge in [0.05, 0.1) is 21.8 Å². The van der Waals surface area contributed by atoms with E-state index in [1.54, 1.807) is 0 Å². The van der Waals surface area contributed by atoms with Gasteiger partial charge in [0.15, 0.2) is 12.8 Å². The standard InChI is InChI=1S/C10H4N2O4/c13-9-5-1-7-6(10(14)16-3-11-7)2-8(5)12-4-15-9/h1-4H. The van der Waals surface area contributed by atoms with Gasteiger partial charge in [-0.3, -0.25) is 0 Å². The summed E-state index contributed by atoms with van der Waals surface area (Å²) in [5.41, 5.74) is -0.267. The Morgan fingerprint density at radius 1 is 0.812 bits per heavy atom. The van der Waals surface area contributed by atoms with Crippen LogP contribution in [0, 0.1) is 0 Å². The Hall–Kier alpha value is -2.50. The molecule has 2 aromatic heterocycles. The summed E-state index contributed by atoms with van der Waals surface area (Å²) in [6.07, 6.45) is 2.07. The van der Waals surface area contributed by atoms with Crippen LogP contribution < -0.4 is 11.3 Å². The smallest absolute Gasteiger partial charge is 0.346 e. The molecule has 1 aromatic carbocycles. The number of benzene rings is 1. The van der Waals surface area contributed by atoms with Gasteiger partial charge >= 0.3 is 11.3 Å². The zero-order valence-electron chi connectivity index (χ0n) is 7.84. The predicted molar refractivity (Wildman–Crippen MR) is 54.1 cm³/mol. The first kappa shape index (κ1) is 8.78. The Bertz CT molecular complexity index is 733. The third-order valence-corrected chi connectivity index (χ3v) is 2.26. The first-order valence-electron chi connectivity index (χ1n) is 4.41. The highest BCUT2D eigenvalue weighted by atomic mass is 16.4. The average Bonchev–Trinajstić information content (AvgIpc) is 2.29. The van der Waals surface area contributed by atoms with E-state index in [1.165, 1.54) is 12.1 Å². The Morgan fingerprint density at radius 2 is 1.25 bits per heavy atom. The van der Waals surface area contributed by atoms with Crippen LogP contribution in [0.3, 0.4) is 0 Å². The molecule has 16 heavy (non-hydrogen) atoms. The van der Waals surface area contributed by atoms with E-state index in [4.69, 9.17) is 0 Å². The average molecular weight is 216 g/mol. The lowest BCUT2D eigenvalue weighted by Crippen LogP contribution is -2.04. The summed E-state index contributed by atoms with van der Waals surface area (Å²) in [6, 6.07) is 2.92. The van der Waals surface area contributed by atoms with Crippen LogP contribution in [0.2, 0.25) is 0 Å². The Balaban J connectivity index is 2.65. The van der Waals surface area contributed by atoms with E-state index >= 15 is 0 Å². The van der Waals surface area contributed by atoms with Crippen molar-refractivity contribution in [3.63, 3.8) is 0 Å². The molecule has 0 spiro atoms. The van der Waals surface area contributed by atoms with E-state index in [9.17, 15) is 9.59 Å². The minimum Gasteiger partial charge on any atom is -0.411 e. The fraction of sp³-hybridized carbons (Fsp3) is 0. The lowest BCUT2D eigenvalue weighted by atomic mass is 10.2. The number of nitrogens with zero attached hydrogens (tertiary/aromatic N) is 2. The monoisotopic (exact) mass is 216 g/mol. The van der Waals surface area contributed by atoms with E-state index in [2.05, 4.69) is 18.8 Å². The fourth-order valence-corrected chi connectivity index (χ4v) is 1.51. The molecule has 2 heterocycles. The molecule has 0 amide bonds. The molecule has 0 saturated heterocycles. The highest BCUT2D eigenvalue weighted by molar-refractivity contribution is 5.92. The summed E-state index contributed by atoms with van der Waals surface area (Å²) >= 11 is 0. The molecule has 0 aliphatic rings. The summed E-state index contributed by atoms with van der Waals surface area (Å²) in [6.45, 7) is 0. The van der Waals surface area contributed by atoms with Crippen LogP contribution in [0.15, 0.2) is 43.3 Å². The maximum Gasteiger partial charge on any atom is 0.346 e. The van der Waals surface area contributed by atoms with Crippen LogP contribution in [0.4, 0.5) is 0 Å². The topological polar surface area (TPSA) is 86.2 Å². The summed E-state index contributed by atoms with van der Waals surface area (Å²) in [7, 11) is 0. The van der Waals surface area contributed by atoms with Crippen molar-refractivity contribution < 1.29 is 8.83 Å². The Labute approximate surface area is 87.2 Å². The van der Waals surface area contributed by atoms with Crippen molar-refractivity contribution in [3.05, 3.63) is 45.8 Å². The predicted octanol–water partition coefficient (Wildman–Crippen LogP) is 0.689. The van der Waals surface area contributed by atoms with Gasteiger partial charge in [-0.25, -0.2) is 19.6 Å². The highest BCUT2D eigenvalue weighted by Gasteiger charge is 2.07. The number of fused-ring (bicyclic) bond motifs is 2. The molecule has 0 fully saturated rings. The quantitative estimate of drug-likeness (QED) is 0.514. The summed E-state index contributed by atoms with van der Waals surface area (Å²) < 4.78 is 9.25. The minimum absolute atomic E-state index is 0.285. The largest absolute Gasteiger partial charge is 0.411 e.